The molecule has 2 rings (SSSR count). The molecule has 0 amide bonds. The summed E-state index contributed by atoms with van der Waals surface area (Å²) in [4.78, 5) is 4.29. The van der Waals surface area contributed by atoms with Crippen LogP contribution in [0.15, 0.2) is 18.2 Å². The second-order valence-corrected chi connectivity index (χ2v) is 5.36. The maximum Gasteiger partial charge on any atom is 0.131 e. The fourth-order valence-electron chi connectivity index (χ4n) is 2.63. The van der Waals surface area contributed by atoms with Crippen molar-refractivity contribution in [2.24, 2.45) is 5.92 Å². The van der Waals surface area contributed by atoms with Crippen molar-refractivity contribution in [3.05, 3.63) is 23.4 Å². The molecule has 3 heteroatoms. The highest BCUT2D eigenvalue weighted by Gasteiger charge is 2.17. The van der Waals surface area contributed by atoms with Crippen LogP contribution in [0.1, 0.15) is 45.4 Å². The predicted octanol–water partition coefficient (Wildman–Crippen LogP) is 4.51. The molecule has 0 radical (unpaired) electrons. The van der Waals surface area contributed by atoms with E-state index in [1.165, 1.54) is 38.5 Å². The third kappa shape index (κ3) is 3.88. The molecule has 94 valence electrons. The minimum atomic E-state index is 0.565. The van der Waals surface area contributed by atoms with Crippen molar-refractivity contribution in [3.8, 4) is 0 Å². The van der Waals surface area contributed by atoms with E-state index in [1.54, 1.807) is 0 Å². The van der Waals surface area contributed by atoms with Crippen LogP contribution in [-0.4, -0.2) is 11.0 Å². The van der Waals surface area contributed by atoms with Crippen LogP contribution in [0.4, 0.5) is 5.82 Å². The molecule has 0 aromatic carbocycles. The van der Waals surface area contributed by atoms with Crippen LogP contribution in [0.25, 0.3) is 0 Å². The average Bonchev–Trinajstić information content (AvgIpc) is 2.54. The Kier molecular flexibility index (Phi) is 4.66. The lowest BCUT2D eigenvalue weighted by molar-refractivity contribution is 0.444. The number of rotatable bonds is 3. The summed E-state index contributed by atoms with van der Waals surface area (Å²) in [5, 5.41) is 4.08. The molecule has 0 saturated heterocycles. The molecular formula is C14H21ClN2. The summed E-state index contributed by atoms with van der Waals surface area (Å²) in [5.41, 5.74) is 0. The molecule has 1 N–H and O–H groups in total. The normalized spacial score (nSPS) is 25.3. The van der Waals surface area contributed by atoms with Gasteiger partial charge in [-0.05, 0) is 37.3 Å². The predicted molar refractivity (Wildman–Crippen MR) is 73.5 cm³/mol. The fourth-order valence-corrected chi connectivity index (χ4v) is 2.79. The Hall–Kier alpha value is -0.760. The number of hydrogen-bond donors (Lipinski definition) is 1. The molecule has 0 spiro atoms. The van der Waals surface area contributed by atoms with Gasteiger partial charge in [0.1, 0.15) is 11.0 Å². The number of pyridine rings is 1. The highest BCUT2D eigenvalue weighted by atomic mass is 35.5. The van der Waals surface area contributed by atoms with Gasteiger partial charge in [-0.1, -0.05) is 43.9 Å². The van der Waals surface area contributed by atoms with Gasteiger partial charge in [0, 0.05) is 6.04 Å². The van der Waals surface area contributed by atoms with Gasteiger partial charge in [0.25, 0.3) is 0 Å². The zero-order chi connectivity index (χ0) is 12.1. The maximum atomic E-state index is 5.89. The lowest BCUT2D eigenvalue weighted by Crippen LogP contribution is -2.19. The van der Waals surface area contributed by atoms with E-state index in [2.05, 4.69) is 17.2 Å². The molecule has 1 heterocycles. The lowest BCUT2D eigenvalue weighted by atomic mass is 9.98. The van der Waals surface area contributed by atoms with E-state index in [0.717, 1.165) is 11.7 Å². The first-order valence-corrected chi connectivity index (χ1v) is 7.05. The molecule has 0 bridgehead atoms. The first kappa shape index (κ1) is 12.7. The average molecular weight is 253 g/mol. The summed E-state index contributed by atoms with van der Waals surface area (Å²) in [5.74, 6) is 1.84. The van der Waals surface area contributed by atoms with Crippen LogP contribution >= 0.6 is 11.6 Å². The van der Waals surface area contributed by atoms with Crippen LogP contribution in [0.3, 0.4) is 0 Å². The molecule has 1 saturated carbocycles. The van der Waals surface area contributed by atoms with Crippen LogP contribution in [0, 0.1) is 5.92 Å². The standard InChI is InChI=1S/C14H21ClN2/c1-2-11-5-3-6-12(10-9-11)16-14-8-4-7-13(15)17-14/h4,7-8,11-12H,2-3,5-6,9-10H2,1H3,(H,16,17). The number of halogens is 1. The number of nitrogens with one attached hydrogen (secondary N) is 1. The quantitative estimate of drug-likeness (QED) is 0.633. The van der Waals surface area contributed by atoms with Gasteiger partial charge in [0.2, 0.25) is 0 Å². The van der Waals surface area contributed by atoms with Gasteiger partial charge in [-0.25, -0.2) is 4.98 Å². The summed E-state index contributed by atoms with van der Waals surface area (Å²) in [6.45, 7) is 2.30. The van der Waals surface area contributed by atoms with Gasteiger partial charge >= 0.3 is 0 Å². The minimum Gasteiger partial charge on any atom is -0.367 e. The second kappa shape index (κ2) is 6.25. The molecule has 2 nitrogen and oxygen atoms in total. The van der Waals surface area contributed by atoms with Crippen molar-refractivity contribution in [1.82, 2.24) is 4.98 Å². The molecule has 17 heavy (non-hydrogen) atoms. The van der Waals surface area contributed by atoms with Gasteiger partial charge < -0.3 is 5.32 Å². The van der Waals surface area contributed by atoms with Crippen molar-refractivity contribution < 1.29 is 0 Å². The lowest BCUT2D eigenvalue weighted by Gasteiger charge is -2.17. The van der Waals surface area contributed by atoms with Crippen molar-refractivity contribution >= 4 is 17.4 Å². The van der Waals surface area contributed by atoms with Crippen LogP contribution in [0.2, 0.25) is 5.15 Å². The van der Waals surface area contributed by atoms with Crippen LogP contribution in [0.5, 0.6) is 0 Å². The first-order valence-electron chi connectivity index (χ1n) is 6.67. The summed E-state index contributed by atoms with van der Waals surface area (Å²) in [6.07, 6.45) is 7.89. The van der Waals surface area contributed by atoms with Gasteiger partial charge in [-0.2, -0.15) is 0 Å². The van der Waals surface area contributed by atoms with Crippen molar-refractivity contribution in [1.29, 1.82) is 0 Å². The topological polar surface area (TPSA) is 24.9 Å². The number of nitrogens with zero attached hydrogens (tertiary/aromatic N) is 1. The zero-order valence-corrected chi connectivity index (χ0v) is 11.2. The summed E-state index contributed by atoms with van der Waals surface area (Å²) < 4.78 is 0. The van der Waals surface area contributed by atoms with Crippen LogP contribution in [-0.2, 0) is 0 Å². The minimum absolute atomic E-state index is 0.565. The third-order valence-corrected chi connectivity index (χ3v) is 3.94. The number of anilines is 1. The van der Waals surface area contributed by atoms with Crippen molar-refractivity contribution in [2.75, 3.05) is 5.32 Å². The molecule has 1 aliphatic rings. The fraction of sp³-hybridized carbons (Fsp3) is 0.643. The molecular weight excluding hydrogens is 232 g/mol. The summed E-state index contributed by atoms with van der Waals surface area (Å²) in [6, 6.07) is 6.32. The summed E-state index contributed by atoms with van der Waals surface area (Å²) >= 11 is 5.89. The van der Waals surface area contributed by atoms with Gasteiger partial charge in [0.05, 0.1) is 0 Å². The highest BCUT2D eigenvalue weighted by molar-refractivity contribution is 6.29. The molecule has 1 aromatic rings. The van der Waals surface area contributed by atoms with E-state index in [1.807, 2.05) is 18.2 Å². The largest absolute Gasteiger partial charge is 0.367 e. The molecule has 2 atom stereocenters. The second-order valence-electron chi connectivity index (χ2n) is 4.97. The Morgan fingerprint density at radius 2 is 2.18 bits per heavy atom. The van der Waals surface area contributed by atoms with E-state index < -0.39 is 0 Å². The Labute approximate surface area is 109 Å². The maximum absolute atomic E-state index is 5.89. The SMILES string of the molecule is CCC1CCCC(Nc2cccc(Cl)n2)CC1. The van der Waals surface area contributed by atoms with Gasteiger partial charge in [0.15, 0.2) is 0 Å². The Bertz CT molecular complexity index is 354. The highest BCUT2D eigenvalue weighted by Crippen LogP contribution is 2.27. The van der Waals surface area contributed by atoms with Gasteiger partial charge in [-0.3, -0.25) is 0 Å². The van der Waals surface area contributed by atoms with E-state index in [0.29, 0.717) is 11.2 Å². The molecule has 1 fully saturated rings. The van der Waals surface area contributed by atoms with Crippen molar-refractivity contribution in [2.45, 2.75) is 51.5 Å². The molecule has 2 unspecified atom stereocenters. The monoisotopic (exact) mass is 252 g/mol. The van der Waals surface area contributed by atoms with Crippen LogP contribution < -0.4 is 5.32 Å². The van der Waals surface area contributed by atoms with E-state index in [-0.39, 0.29) is 0 Å². The van der Waals surface area contributed by atoms with Crippen molar-refractivity contribution in [3.63, 3.8) is 0 Å². The molecule has 0 aliphatic heterocycles. The Morgan fingerprint density at radius 3 is 2.94 bits per heavy atom. The zero-order valence-electron chi connectivity index (χ0n) is 10.5. The van der Waals surface area contributed by atoms with E-state index in [4.69, 9.17) is 11.6 Å². The van der Waals surface area contributed by atoms with E-state index in [9.17, 15) is 0 Å². The number of aromatic nitrogens is 1. The van der Waals surface area contributed by atoms with Gasteiger partial charge in [-0.15, -0.1) is 0 Å². The smallest absolute Gasteiger partial charge is 0.131 e. The van der Waals surface area contributed by atoms with E-state index >= 15 is 0 Å². The molecule has 1 aromatic heterocycles. The molecule has 1 aliphatic carbocycles. The first-order chi connectivity index (χ1) is 8.28. The Balaban J connectivity index is 1.90. The third-order valence-electron chi connectivity index (χ3n) is 3.73. The Morgan fingerprint density at radius 1 is 1.29 bits per heavy atom. The number of hydrogen-bond acceptors (Lipinski definition) is 2. The summed E-state index contributed by atoms with van der Waals surface area (Å²) in [7, 11) is 0.